The minimum atomic E-state index is -0.199. The van der Waals surface area contributed by atoms with Crippen LogP contribution in [0.1, 0.15) is 16.8 Å². The molecule has 2 heterocycles. The highest BCUT2D eigenvalue weighted by atomic mass is 32.2. The summed E-state index contributed by atoms with van der Waals surface area (Å²) in [6.07, 6.45) is 2.04. The summed E-state index contributed by atoms with van der Waals surface area (Å²) in [6, 6.07) is 18.9. The van der Waals surface area contributed by atoms with E-state index in [1.165, 1.54) is 17.7 Å². The summed E-state index contributed by atoms with van der Waals surface area (Å²) in [5.41, 5.74) is 3.30. The van der Waals surface area contributed by atoms with Crippen molar-refractivity contribution >= 4 is 17.7 Å². The Kier molecular flexibility index (Phi) is 6.20. The molecule has 4 nitrogen and oxygen atoms in total. The summed E-state index contributed by atoms with van der Waals surface area (Å²) in [6.45, 7) is 1.35. The number of benzene rings is 2. The Balaban J connectivity index is 1.35. The molecule has 2 aromatic carbocycles. The molecule has 0 saturated heterocycles. The number of rotatable bonds is 8. The molecule has 0 saturated carbocycles. The van der Waals surface area contributed by atoms with Crippen LogP contribution in [0.4, 0.5) is 4.39 Å². The topological polar surface area (TPSA) is 35.8 Å². The van der Waals surface area contributed by atoms with Gasteiger partial charge in [0, 0.05) is 24.2 Å². The summed E-state index contributed by atoms with van der Waals surface area (Å²) in [5.74, 6) is 3.08. The second-order valence-corrected chi connectivity index (χ2v) is 7.94. The fourth-order valence-corrected chi connectivity index (χ4v) is 4.20. The van der Waals surface area contributed by atoms with Gasteiger partial charge < -0.3 is 14.0 Å². The maximum absolute atomic E-state index is 13.0. The van der Waals surface area contributed by atoms with E-state index in [9.17, 15) is 4.39 Å². The molecule has 3 aromatic rings. The number of ether oxygens (including phenoxy) is 2. The highest BCUT2D eigenvalue weighted by Crippen LogP contribution is 2.20. The zero-order valence-electron chi connectivity index (χ0n) is 16.3. The molecular weight excluding hydrogens is 387 g/mol. The Morgan fingerprint density at radius 3 is 2.62 bits per heavy atom. The average molecular weight is 411 g/mol. The predicted molar refractivity (Wildman–Crippen MR) is 115 cm³/mol. The molecule has 6 heteroatoms. The van der Waals surface area contributed by atoms with Crippen LogP contribution < -0.4 is 4.74 Å². The van der Waals surface area contributed by atoms with Crippen molar-refractivity contribution in [2.45, 2.75) is 18.3 Å². The fourth-order valence-electron chi connectivity index (χ4n) is 3.21. The minimum absolute atomic E-state index is 0.139. The lowest BCUT2D eigenvalue weighted by Gasteiger charge is -2.09. The number of thioether (sulfide) groups is 1. The Bertz CT molecular complexity index is 967. The number of halogens is 1. The number of hydrogen-bond donors (Lipinski definition) is 0. The third kappa shape index (κ3) is 5.01. The van der Waals surface area contributed by atoms with Gasteiger partial charge in [0.2, 0.25) is 5.90 Å². The molecule has 4 rings (SSSR count). The van der Waals surface area contributed by atoms with Gasteiger partial charge in [-0.15, -0.1) is 0 Å². The fraction of sp³-hybridized carbons (Fsp3) is 0.261. The summed E-state index contributed by atoms with van der Waals surface area (Å²) in [5, 5.41) is 0. The highest BCUT2D eigenvalue weighted by molar-refractivity contribution is 7.98. The molecular formula is C23H23FN2O2S. The number of nitrogens with zero attached hydrogens (tertiary/aromatic N) is 2. The Morgan fingerprint density at radius 2 is 1.86 bits per heavy atom. The van der Waals surface area contributed by atoms with Crippen molar-refractivity contribution in [3.05, 3.63) is 89.5 Å². The quantitative estimate of drug-likeness (QED) is 0.537. The zero-order chi connectivity index (χ0) is 20.1. The van der Waals surface area contributed by atoms with E-state index in [1.807, 2.05) is 42.6 Å². The first-order chi connectivity index (χ1) is 14.2. The van der Waals surface area contributed by atoms with Gasteiger partial charge >= 0.3 is 0 Å². The molecule has 1 aromatic heterocycles. The number of hydrogen-bond acceptors (Lipinski definition) is 4. The predicted octanol–water partition coefficient (Wildman–Crippen LogP) is 4.76. The van der Waals surface area contributed by atoms with E-state index in [0.717, 1.165) is 35.1 Å². The van der Waals surface area contributed by atoms with E-state index in [4.69, 9.17) is 14.5 Å². The van der Waals surface area contributed by atoms with Gasteiger partial charge in [0.25, 0.3) is 0 Å². The van der Waals surface area contributed by atoms with Gasteiger partial charge in [-0.3, -0.25) is 0 Å². The molecule has 0 N–H and O–H groups in total. The van der Waals surface area contributed by atoms with Crippen molar-refractivity contribution in [2.75, 3.05) is 19.5 Å². The first kappa shape index (κ1) is 19.6. The van der Waals surface area contributed by atoms with Gasteiger partial charge in [-0.25, -0.2) is 9.38 Å². The molecule has 0 radical (unpaired) electrons. The van der Waals surface area contributed by atoms with E-state index >= 15 is 0 Å². The smallest absolute Gasteiger partial charge is 0.233 e. The van der Waals surface area contributed by atoms with Crippen molar-refractivity contribution in [3.8, 4) is 5.75 Å². The van der Waals surface area contributed by atoms with Gasteiger partial charge in [-0.2, -0.15) is 11.8 Å². The first-order valence-corrected chi connectivity index (χ1v) is 10.7. The summed E-state index contributed by atoms with van der Waals surface area (Å²) < 4.78 is 26.2. The summed E-state index contributed by atoms with van der Waals surface area (Å²) in [7, 11) is 1.67. The van der Waals surface area contributed by atoms with Crippen LogP contribution >= 0.6 is 11.8 Å². The third-order valence-electron chi connectivity index (χ3n) is 4.77. The minimum Gasteiger partial charge on any atom is -0.497 e. The van der Waals surface area contributed by atoms with Gasteiger partial charge in [0.05, 0.1) is 13.2 Å². The van der Waals surface area contributed by atoms with Gasteiger partial charge in [0.1, 0.15) is 23.9 Å². The largest absolute Gasteiger partial charge is 0.497 e. The monoisotopic (exact) mass is 410 g/mol. The molecule has 29 heavy (non-hydrogen) atoms. The molecule has 0 bridgehead atoms. The molecule has 1 aliphatic heterocycles. The molecule has 0 aliphatic carbocycles. The maximum Gasteiger partial charge on any atom is 0.233 e. The number of methoxy groups -OCH3 is 1. The van der Waals surface area contributed by atoms with Crippen molar-refractivity contribution in [1.29, 1.82) is 0 Å². The SMILES string of the molecule is COc1ccc(Cn2cccc2C2=NC(CSCc3ccc(F)cc3)CO2)cc1. The highest BCUT2D eigenvalue weighted by Gasteiger charge is 2.22. The number of aliphatic imine (C=N–C) groups is 1. The van der Waals surface area contributed by atoms with Crippen LogP contribution in [-0.2, 0) is 17.0 Å². The summed E-state index contributed by atoms with van der Waals surface area (Å²) >= 11 is 1.79. The van der Waals surface area contributed by atoms with E-state index in [1.54, 1.807) is 18.9 Å². The first-order valence-electron chi connectivity index (χ1n) is 9.52. The standard InChI is InChI=1S/C23H23FN2O2S/c1-27-21-10-6-17(7-11-21)13-26-12-2-3-22(26)23-25-20(14-28-23)16-29-15-18-4-8-19(24)9-5-18/h2-12,20H,13-16H2,1H3. The van der Waals surface area contributed by atoms with Crippen molar-refractivity contribution in [1.82, 2.24) is 4.57 Å². The van der Waals surface area contributed by atoms with E-state index < -0.39 is 0 Å². The number of aromatic nitrogens is 1. The zero-order valence-corrected chi connectivity index (χ0v) is 17.1. The van der Waals surface area contributed by atoms with Crippen LogP contribution in [0.5, 0.6) is 5.75 Å². The molecule has 1 aliphatic rings. The van der Waals surface area contributed by atoms with Crippen LogP contribution in [-0.4, -0.2) is 36.0 Å². The van der Waals surface area contributed by atoms with Crippen LogP contribution in [0.25, 0.3) is 0 Å². The average Bonchev–Trinajstić information content (AvgIpc) is 3.39. The van der Waals surface area contributed by atoms with E-state index in [2.05, 4.69) is 16.7 Å². The van der Waals surface area contributed by atoms with E-state index in [-0.39, 0.29) is 11.9 Å². The Hall–Kier alpha value is -2.73. The van der Waals surface area contributed by atoms with E-state index in [0.29, 0.717) is 12.5 Å². The Morgan fingerprint density at radius 1 is 1.10 bits per heavy atom. The van der Waals surface area contributed by atoms with Crippen LogP contribution in [0, 0.1) is 5.82 Å². The van der Waals surface area contributed by atoms with Crippen molar-refractivity contribution < 1.29 is 13.9 Å². The third-order valence-corrected chi connectivity index (χ3v) is 5.92. The van der Waals surface area contributed by atoms with Crippen LogP contribution in [0.3, 0.4) is 0 Å². The molecule has 1 unspecified atom stereocenters. The molecule has 0 spiro atoms. The van der Waals surface area contributed by atoms with Gasteiger partial charge in [0.15, 0.2) is 0 Å². The molecule has 0 fully saturated rings. The normalized spacial score (nSPS) is 15.8. The Labute approximate surface area is 174 Å². The second kappa shape index (κ2) is 9.18. The summed E-state index contributed by atoms with van der Waals surface area (Å²) in [4.78, 5) is 4.78. The van der Waals surface area contributed by atoms with Crippen LogP contribution in [0.15, 0.2) is 71.9 Å². The molecule has 1 atom stereocenters. The van der Waals surface area contributed by atoms with Gasteiger partial charge in [-0.05, 0) is 47.5 Å². The lowest BCUT2D eigenvalue weighted by atomic mass is 10.2. The van der Waals surface area contributed by atoms with Gasteiger partial charge in [-0.1, -0.05) is 24.3 Å². The van der Waals surface area contributed by atoms with Crippen molar-refractivity contribution in [3.63, 3.8) is 0 Å². The lowest BCUT2D eigenvalue weighted by Crippen LogP contribution is -2.11. The van der Waals surface area contributed by atoms with Crippen molar-refractivity contribution in [2.24, 2.45) is 4.99 Å². The maximum atomic E-state index is 13.0. The molecule has 150 valence electrons. The second-order valence-electron chi connectivity index (χ2n) is 6.91. The van der Waals surface area contributed by atoms with Crippen LogP contribution in [0.2, 0.25) is 0 Å². The lowest BCUT2D eigenvalue weighted by molar-refractivity contribution is 0.323. The molecule has 0 amide bonds.